The van der Waals surface area contributed by atoms with Gasteiger partial charge in [0.1, 0.15) is 89.6 Å². The second kappa shape index (κ2) is 29.1. The molecule has 0 amide bonds. The van der Waals surface area contributed by atoms with Gasteiger partial charge < -0.3 is 144 Å². The topological polar surface area (TPSA) is 472 Å². The Bertz CT molecular complexity index is 2330. The highest BCUT2D eigenvalue weighted by Crippen LogP contribution is 2.54. The number of aliphatic imine (C=N–C) groups is 2. The van der Waals surface area contributed by atoms with E-state index in [-0.39, 0.29) is 45.4 Å². The van der Waals surface area contributed by atoms with Crippen LogP contribution in [0.25, 0.3) is 0 Å². The predicted octanol–water partition coefficient (Wildman–Crippen LogP) is -5.66. The van der Waals surface area contributed by atoms with Gasteiger partial charge in [0.05, 0.1) is 69.6 Å². The van der Waals surface area contributed by atoms with E-state index in [0.717, 1.165) is 0 Å². The van der Waals surface area contributed by atoms with Crippen molar-refractivity contribution in [3.63, 3.8) is 0 Å². The number of aliphatic hydroxyl groups excluding tert-OH is 5. The van der Waals surface area contributed by atoms with Crippen molar-refractivity contribution in [2.45, 2.75) is 199 Å². The second-order valence-corrected chi connectivity index (χ2v) is 29.7. The molecule has 1 aliphatic carbocycles. The third-order valence-corrected chi connectivity index (χ3v) is 19.8. The van der Waals surface area contributed by atoms with Crippen LogP contribution in [0, 0.1) is 5.41 Å². The maximum absolute atomic E-state index is 13.2. The lowest BCUT2D eigenvalue weighted by molar-refractivity contribution is -0.321. The first-order valence-electron chi connectivity index (χ1n) is 26.2. The number of guanidine groups is 2. The molecule has 26 unspecified atom stereocenters. The molecule has 5 saturated heterocycles. The number of nitrogens with zero attached hydrogens (tertiary/aromatic N) is 2. The lowest BCUT2D eigenvalue weighted by atomic mass is 9.53. The van der Waals surface area contributed by atoms with Crippen molar-refractivity contribution in [2.24, 2.45) is 38.3 Å². The van der Waals surface area contributed by atoms with Gasteiger partial charge in [0, 0.05) is 31.5 Å². The number of hydrogen-bond acceptors (Lipinski definition) is 27. The molecule has 467 valence electrons. The molecule has 0 bridgehead atoms. The van der Waals surface area contributed by atoms with Gasteiger partial charge in [-0.15, -0.1) is 0 Å². The number of aliphatic hydroxyl groups is 7. The minimum absolute atomic E-state index is 0.00626. The highest BCUT2D eigenvalue weighted by atomic mass is 32.5. The molecule has 31 nitrogen and oxygen atoms in total. The number of likely N-dealkylation sites (N-methyl/N-ethyl adjacent to an activating group) is 1. The van der Waals surface area contributed by atoms with Crippen molar-refractivity contribution >= 4 is 90.5 Å². The van der Waals surface area contributed by atoms with Gasteiger partial charge in [0.25, 0.3) is 0 Å². The van der Waals surface area contributed by atoms with Crippen LogP contribution in [0.3, 0.4) is 0 Å². The molecule has 6 aliphatic rings. The second-order valence-electron chi connectivity index (χ2n) is 21.3. The Morgan fingerprint density at radius 3 is 1.76 bits per heavy atom. The van der Waals surface area contributed by atoms with Crippen molar-refractivity contribution in [1.29, 1.82) is 0 Å². The van der Waals surface area contributed by atoms with Crippen LogP contribution in [0.2, 0.25) is 6.32 Å². The van der Waals surface area contributed by atoms with Crippen LogP contribution < -0.4 is 28.3 Å². The first kappa shape index (κ1) is 70.8. The lowest BCUT2D eigenvalue weighted by Crippen LogP contribution is -2.67. The molecule has 0 aromatic rings. The molecule has 0 spiro atoms. The van der Waals surface area contributed by atoms with Crippen molar-refractivity contribution in [1.82, 2.24) is 5.32 Å². The maximum atomic E-state index is 13.2. The molecule has 19 N–H and O–H groups in total. The number of methoxy groups -OCH3 is 1. The van der Waals surface area contributed by atoms with E-state index >= 15 is 0 Å². The first-order chi connectivity index (χ1) is 38.1. The van der Waals surface area contributed by atoms with E-state index in [4.69, 9.17) is 139 Å². The maximum Gasteiger partial charge on any atom is 0.324 e. The molecule has 82 heavy (non-hydrogen) atoms. The van der Waals surface area contributed by atoms with Gasteiger partial charge in [0.2, 0.25) is 0 Å². The van der Waals surface area contributed by atoms with Crippen LogP contribution in [-0.4, -0.2) is 272 Å². The van der Waals surface area contributed by atoms with Crippen LogP contribution in [0.5, 0.6) is 0 Å². The Balaban J connectivity index is 1.14. The van der Waals surface area contributed by atoms with Gasteiger partial charge >= 0.3 is 20.2 Å². The van der Waals surface area contributed by atoms with Gasteiger partial charge in [-0.3, -0.25) is 0 Å². The van der Waals surface area contributed by atoms with Crippen LogP contribution in [0.1, 0.15) is 53.4 Å². The van der Waals surface area contributed by atoms with E-state index < -0.39 is 197 Å². The quantitative estimate of drug-likeness (QED) is 0.0150. The highest BCUT2D eigenvalue weighted by molar-refractivity contribution is 8.07. The molecular formula is C42H78B3N7O24P3S3. The van der Waals surface area contributed by atoms with E-state index in [1.54, 1.807) is 28.1 Å². The fourth-order valence-electron chi connectivity index (χ4n) is 10.9. The van der Waals surface area contributed by atoms with Crippen LogP contribution in [0.15, 0.2) is 9.98 Å². The van der Waals surface area contributed by atoms with Gasteiger partial charge in [-0.1, -0.05) is 20.2 Å². The Hall–Kier alpha value is -0.315. The Morgan fingerprint density at radius 1 is 0.720 bits per heavy atom. The standard InChI is InChI=1S/C42H78B3N7O24P3S3/c1-7-64-77(60,80)74-18-8-26(43)68-24(18)14-65-78(61,81)75-19-9-27(44)69-25(19)15-66-79(62,82)76-20-10-28(70-23(20)13-63-6)45-16-40(3,4)42(59)17(2)67-37(35(42)73-36-29(50-5)32(56)31(55)22(12-53)72-36)71-21-11-41(58,52-39(48)49)34(51-38(46)47)33(57)30(21)54/h17-37,50,53-59H,7-16H2,1-6H3,(H,60,80)(H,61,81)(H,62,82)(H4,46,47,51)(H4,48,49,52). The molecule has 0 aromatic carbocycles. The largest absolute Gasteiger partial charge is 0.394 e. The smallest absolute Gasteiger partial charge is 0.324 e. The average molecular weight is 1290 g/mol. The number of nitrogens with two attached hydrogens (primary N) is 4. The molecule has 5 aliphatic heterocycles. The molecule has 6 rings (SSSR count). The number of ether oxygens (including phenoxy) is 8. The highest BCUT2D eigenvalue weighted by Gasteiger charge is 2.65. The van der Waals surface area contributed by atoms with E-state index in [9.17, 15) is 50.4 Å². The number of hydrogen-bond donors (Lipinski definition) is 15. The lowest BCUT2D eigenvalue weighted by Gasteiger charge is -2.49. The van der Waals surface area contributed by atoms with Crippen LogP contribution >= 0.6 is 20.2 Å². The van der Waals surface area contributed by atoms with Crippen molar-refractivity contribution < 1.29 is 115 Å². The number of rotatable bonds is 28. The minimum atomic E-state index is -4.16. The van der Waals surface area contributed by atoms with Crippen LogP contribution in [-0.2, 0) is 100 Å². The zero-order valence-electron chi connectivity index (χ0n) is 45.9. The van der Waals surface area contributed by atoms with Crippen molar-refractivity contribution in [2.75, 3.05) is 47.2 Å². The Labute approximate surface area is 493 Å². The Morgan fingerprint density at radius 2 is 1.26 bits per heavy atom. The SMILES string of the molecule is [B]C1CC(OP(O)(=S)OCC)C(COP(O)(=S)OC2CC([B])OC2COP(O)(=S)OC2CC([B]CC(C)(C)C3(O)C(C)OC(OC4CC(O)(N=C(N)N)C(N=C(N)N)C(O)C4O)C3OC3OC(CO)C(O)C(O)C3NC)OC2COC)O1. The first-order valence-corrected chi connectivity index (χ1v) is 33.9. The summed E-state index contributed by atoms with van der Waals surface area (Å²) in [7, 11) is 16.7. The fourth-order valence-corrected chi connectivity index (χ4v) is 15.4. The summed E-state index contributed by atoms with van der Waals surface area (Å²) in [5, 5.41) is 82.5. The summed E-state index contributed by atoms with van der Waals surface area (Å²) in [6.07, 6.45) is -22.0. The summed E-state index contributed by atoms with van der Waals surface area (Å²) in [6.45, 7) is -6.84. The van der Waals surface area contributed by atoms with Gasteiger partial charge in [-0.25, -0.2) is 9.98 Å². The zero-order valence-corrected chi connectivity index (χ0v) is 51.0. The summed E-state index contributed by atoms with van der Waals surface area (Å²) in [4.78, 5) is 40.7. The molecule has 1 saturated carbocycles. The molecule has 5 radical (unpaired) electrons. The summed E-state index contributed by atoms with van der Waals surface area (Å²) in [5.41, 5.74) is 16.5. The summed E-state index contributed by atoms with van der Waals surface area (Å²) in [6, 6.07) is -5.34. The van der Waals surface area contributed by atoms with E-state index in [1.807, 2.05) is 0 Å². The van der Waals surface area contributed by atoms with E-state index in [0.29, 0.717) is 0 Å². The predicted molar refractivity (Wildman–Crippen MR) is 302 cm³/mol. The monoisotopic (exact) mass is 1290 g/mol. The van der Waals surface area contributed by atoms with Gasteiger partial charge in [-0.2, -0.15) is 0 Å². The van der Waals surface area contributed by atoms with E-state index in [1.165, 1.54) is 21.1 Å². The van der Waals surface area contributed by atoms with Crippen molar-refractivity contribution in [3.05, 3.63) is 0 Å². The van der Waals surface area contributed by atoms with Gasteiger partial charge in [-0.05, 0) is 81.0 Å². The molecular weight excluding hydrogens is 1210 g/mol. The van der Waals surface area contributed by atoms with Gasteiger partial charge in [0.15, 0.2) is 30.2 Å². The average Bonchev–Trinajstić information content (AvgIpc) is 3.47. The third kappa shape index (κ3) is 17.3. The number of nitrogens with one attached hydrogen (secondary N) is 1. The van der Waals surface area contributed by atoms with Crippen molar-refractivity contribution in [3.8, 4) is 0 Å². The summed E-state index contributed by atoms with van der Waals surface area (Å²) < 4.78 is 82.2. The third-order valence-electron chi connectivity index (χ3n) is 15.0. The Kier molecular flexibility index (Phi) is 25.1. The summed E-state index contributed by atoms with van der Waals surface area (Å²) >= 11 is 15.8. The summed E-state index contributed by atoms with van der Waals surface area (Å²) in [5.74, 6) is -1.21. The molecule has 40 heteroatoms. The zero-order chi connectivity index (χ0) is 61.1. The molecule has 0 aromatic heterocycles. The van der Waals surface area contributed by atoms with E-state index in [2.05, 4.69) is 15.3 Å². The normalized spacial score (nSPS) is 43.0. The molecule has 5 heterocycles. The fraction of sp³-hybridized carbons (Fsp3) is 0.952. The van der Waals surface area contributed by atoms with Crippen LogP contribution in [0.4, 0.5) is 0 Å². The minimum Gasteiger partial charge on any atom is -0.394 e. The molecule has 6 fully saturated rings. The molecule has 26 atom stereocenters.